The van der Waals surface area contributed by atoms with Crippen LogP contribution in [0, 0.1) is 5.41 Å². The number of ether oxygens (including phenoxy) is 1. The first-order valence-corrected chi connectivity index (χ1v) is 8.00. The first-order valence-electron chi connectivity index (χ1n) is 6.62. The summed E-state index contributed by atoms with van der Waals surface area (Å²) in [6.07, 6.45) is 3.50. The van der Waals surface area contributed by atoms with Crippen LogP contribution in [-0.2, 0) is 15.5 Å². The first-order chi connectivity index (χ1) is 8.03. The lowest BCUT2D eigenvalue weighted by molar-refractivity contribution is 0.173. The molecule has 3 nitrogen and oxygen atoms in total. The third-order valence-electron chi connectivity index (χ3n) is 3.77. The minimum Gasteiger partial charge on any atom is -0.384 e. The summed E-state index contributed by atoms with van der Waals surface area (Å²) >= 11 is 0. The molecular weight excluding hydrogens is 234 g/mol. The van der Waals surface area contributed by atoms with Crippen LogP contribution in [0.3, 0.4) is 0 Å². The molecule has 0 heterocycles. The Hall–Kier alpha value is 0.0700. The fourth-order valence-electron chi connectivity index (χ4n) is 2.81. The molecular formula is C13H27NO2S. The second-order valence-electron chi connectivity index (χ2n) is 5.53. The van der Waals surface area contributed by atoms with Crippen LogP contribution in [0.5, 0.6) is 0 Å². The molecule has 1 saturated carbocycles. The number of rotatable bonds is 6. The van der Waals surface area contributed by atoms with E-state index in [1.807, 2.05) is 0 Å². The molecule has 1 aliphatic rings. The van der Waals surface area contributed by atoms with Crippen molar-refractivity contribution in [3.63, 3.8) is 0 Å². The largest absolute Gasteiger partial charge is 0.384 e. The lowest BCUT2D eigenvalue weighted by Gasteiger charge is -2.44. The van der Waals surface area contributed by atoms with E-state index in [1.165, 1.54) is 12.8 Å². The van der Waals surface area contributed by atoms with E-state index < -0.39 is 10.8 Å². The Balaban J connectivity index is 2.69. The summed E-state index contributed by atoms with van der Waals surface area (Å²) in [5.74, 6) is 0.666. The van der Waals surface area contributed by atoms with E-state index in [1.54, 1.807) is 7.11 Å². The highest BCUT2D eigenvalue weighted by atomic mass is 32.2. The molecule has 102 valence electrons. The van der Waals surface area contributed by atoms with Crippen LogP contribution >= 0.6 is 0 Å². The first kappa shape index (κ1) is 15.1. The molecule has 1 N–H and O–H groups in total. The fourth-order valence-corrected chi connectivity index (χ4v) is 4.64. The molecule has 1 aliphatic carbocycles. The average molecular weight is 261 g/mol. The van der Waals surface area contributed by atoms with E-state index in [0.29, 0.717) is 18.4 Å². The molecule has 0 amide bonds. The molecule has 0 aliphatic heterocycles. The Morgan fingerprint density at radius 2 is 2.18 bits per heavy atom. The summed E-state index contributed by atoms with van der Waals surface area (Å²) in [6.45, 7) is 8.26. The summed E-state index contributed by atoms with van der Waals surface area (Å²) in [7, 11) is 0.898. The molecule has 0 bridgehead atoms. The van der Waals surface area contributed by atoms with Crippen molar-refractivity contribution >= 4 is 10.8 Å². The van der Waals surface area contributed by atoms with Gasteiger partial charge in [0.25, 0.3) is 0 Å². The molecule has 0 saturated heterocycles. The third-order valence-corrected chi connectivity index (χ3v) is 5.53. The van der Waals surface area contributed by atoms with Crippen molar-refractivity contribution in [3.8, 4) is 0 Å². The molecule has 4 heteroatoms. The zero-order valence-electron chi connectivity index (χ0n) is 11.6. The van der Waals surface area contributed by atoms with Crippen LogP contribution in [0.2, 0.25) is 0 Å². The number of methoxy groups -OCH3 is 1. The highest BCUT2D eigenvalue weighted by Gasteiger charge is 2.40. The smallest absolute Gasteiger partial charge is 0.0577 e. The van der Waals surface area contributed by atoms with Gasteiger partial charge in [-0.25, -0.2) is 0 Å². The predicted octanol–water partition coefficient (Wildman–Crippen LogP) is 1.94. The van der Waals surface area contributed by atoms with Gasteiger partial charge in [0.15, 0.2) is 0 Å². The molecule has 3 unspecified atom stereocenters. The predicted molar refractivity (Wildman–Crippen MR) is 73.8 cm³/mol. The van der Waals surface area contributed by atoms with Crippen molar-refractivity contribution in [3.05, 3.63) is 0 Å². The lowest BCUT2D eigenvalue weighted by Crippen LogP contribution is -2.54. The zero-order valence-corrected chi connectivity index (χ0v) is 12.4. The van der Waals surface area contributed by atoms with E-state index in [2.05, 4.69) is 26.1 Å². The van der Waals surface area contributed by atoms with Gasteiger partial charge in [0, 0.05) is 29.7 Å². The van der Waals surface area contributed by atoms with Crippen molar-refractivity contribution in [2.45, 2.75) is 51.3 Å². The molecule has 3 atom stereocenters. The second-order valence-corrected chi connectivity index (χ2v) is 7.31. The van der Waals surface area contributed by atoms with Crippen LogP contribution in [0.25, 0.3) is 0 Å². The molecule has 0 aromatic carbocycles. The summed E-state index contributed by atoms with van der Waals surface area (Å²) in [4.78, 5) is 0. The van der Waals surface area contributed by atoms with Crippen LogP contribution in [0.15, 0.2) is 0 Å². The van der Waals surface area contributed by atoms with Crippen molar-refractivity contribution < 1.29 is 8.95 Å². The van der Waals surface area contributed by atoms with E-state index in [0.717, 1.165) is 13.0 Å². The van der Waals surface area contributed by atoms with Gasteiger partial charge in [-0.1, -0.05) is 27.2 Å². The molecule has 1 rings (SSSR count). The van der Waals surface area contributed by atoms with E-state index in [-0.39, 0.29) is 10.7 Å². The topological polar surface area (TPSA) is 38.3 Å². The third kappa shape index (κ3) is 4.04. The average Bonchev–Trinajstić information content (AvgIpc) is 2.28. The number of hydrogen-bond acceptors (Lipinski definition) is 3. The van der Waals surface area contributed by atoms with Crippen LogP contribution in [0.1, 0.15) is 40.0 Å². The monoisotopic (exact) mass is 261 g/mol. The van der Waals surface area contributed by atoms with Crippen LogP contribution in [-0.4, -0.2) is 41.5 Å². The van der Waals surface area contributed by atoms with Gasteiger partial charge < -0.3 is 10.1 Å². The van der Waals surface area contributed by atoms with Crippen LogP contribution in [0.4, 0.5) is 0 Å². The highest BCUT2D eigenvalue weighted by molar-refractivity contribution is 7.85. The molecule has 0 radical (unpaired) electrons. The van der Waals surface area contributed by atoms with Gasteiger partial charge in [0.1, 0.15) is 0 Å². The van der Waals surface area contributed by atoms with E-state index in [4.69, 9.17) is 4.74 Å². The van der Waals surface area contributed by atoms with Gasteiger partial charge in [-0.3, -0.25) is 4.21 Å². The van der Waals surface area contributed by atoms with E-state index >= 15 is 0 Å². The van der Waals surface area contributed by atoms with Crippen LogP contribution < -0.4 is 5.32 Å². The number of hydrogen-bond donors (Lipinski definition) is 1. The van der Waals surface area contributed by atoms with Gasteiger partial charge in [0.2, 0.25) is 0 Å². The van der Waals surface area contributed by atoms with Crippen molar-refractivity contribution in [1.29, 1.82) is 0 Å². The fraction of sp³-hybridized carbons (Fsp3) is 1.00. The molecule has 0 aromatic rings. The lowest BCUT2D eigenvalue weighted by atomic mass is 9.73. The Kier molecular flexibility index (Phi) is 6.10. The Morgan fingerprint density at radius 3 is 2.76 bits per heavy atom. The van der Waals surface area contributed by atoms with Crippen molar-refractivity contribution in [1.82, 2.24) is 5.32 Å². The summed E-state index contributed by atoms with van der Waals surface area (Å²) < 4.78 is 17.4. The maximum Gasteiger partial charge on any atom is 0.0577 e. The maximum atomic E-state index is 12.3. The normalized spacial score (nSPS) is 30.1. The molecule has 0 aromatic heterocycles. The molecule has 0 spiro atoms. The van der Waals surface area contributed by atoms with Crippen molar-refractivity contribution in [2.24, 2.45) is 5.41 Å². The Bertz CT molecular complexity index is 256. The molecule has 17 heavy (non-hydrogen) atoms. The van der Waals surface area contributed by atoms with Gasteiger partial charge >= 0.3 is 0 Å². The summed E-state index contributed by atoms with van der Waals surface area (Å²) in [5.41, 5.74) is 0.252. The standard InChI is InChI=1S/C13H27NO2S/c1-5-14-12-11(17(15)10-9-16-4)7-6-8-13(12,2)3/h11-12,14H,5-10H2,1-4H3. The van der Waals surface area contributed by atoms with Crippen molar-refractivity contribution in [2.75, 3.05) is 26.0 Å². The Morgan fingerprint density at radius 1 is 1.47 bits per heavy atom. The SMILES string of the molecule is CCNC1C(S(=O)CCOC)CCCC1(C)C. The van der Waals surface area contributed by atoms with Gasteiger partial charge in [-0.05, 0) is 24.8 Å². The number of nitrogens with one attached hydrogen (secondary N) is 1. The quantitative estimate of drug-likeness (QED) is 0.794. The minimum atomic E-state index is -0.772. The van der Waals surface area contributed by atoms with E-state index in [9.17, 15) is 4.21 Å². The van der Waals surface area contributed by atoms with Gasteiger partial charge in [-0.15, -0.1) is 0 Å². The minimum absolute atomic E-state index is 0.252. The Labute approximate surface area is 108 Å². The van der Waals surface area contributed by atoms with Gasteiger partial charge in [-0.2, -0.15) is 0 Å². The highest BCUT2D eigenvalue weighted by Crippen LogP contribution is 2.37. The zero-order chi connectivity index (χ0) is 12.9. The maximum absolute atomic E-state index is 12.3. The molecule has 1 fully saturated rings. The summed E-state index contributed by atoms with van der Waals surface area (Å²) in [5, 5.41) is 3.83. The summed E-state index contributed by atoms with van der Waals surface area (Å²) in [6, 6.07) is 0.374. The van der Waals surface area contributed by atoms with Gasteiger partial charge in [0.05, 0.1) is 11.9 Å². The second kappa shape index (κ2) is 6.86.